The van der Waals surface area contributed by atoms with Crippen LogP contribution in [0.5, 0.6) is 5.75 Å². The minimum Gasteiger partial charge on any atom is -0.457 e. The van der Waals surface area contributed by atoms with Gasteiger partial charge in [-0.2, -0.15) is 0 Å². The minimum atomic E-state index is -0.271. The van der Waals surface area contributed by atoms with Gasteiger partial charge < -0.3 is 10.1 Å². The van der Waals surface area contributed by atoms with E-state index in [-0.39, 0.29) is 6.03 Å². The fourth-order valence-electron chi connectivity index (χ4n) is 2.03. The number of ether oxygens (including phenoxy) is 1. The number of urea groups is 1. The van der Waals surface area contributed by atoms with Gasteiger partial charge in [-0.25, -0.2) is 4.79 Å². The lowest BCUT2D eigenvalue weighted by Crippen LogP contribution is -2.19. The van der Waals surface area contributed by atoms with Crippen molar-refractivity contribution in [1.29, 1.82) is 0 Å². The van der Waals surface area contributed by atoms with Gasteiger partial charge in [-0.05, 0) is 61.9 Å². The van der Waals surface area contributed by atoms with E-state index < -0.39 is 0 Å². The van der Waals surface area contributed by atoms with Crippen molar-refractivity contribution in [2.24, 2.45) is 0 Å². The summed E-state index contributed by atoms with van der Waals surface area (Å²) >= 11 is 1.55. The number of hydrogen-bond donors (Lipinski definition) is 2. The van der Waals surface area contributed by atoms with Crippen LogP contribution >= 0.6 is 11.3 Å². The molecule has 1 heterocycles. The Kier molecular flexibility index (Phi) is 5.98. The van der Waals surface area contributed by atoms with E-state index in [9.17, 15) is 4.79 Å². The Morgan fingerprint density at radius 2 is 1.88 bits per heavy atom. The van der Waals surface area contributed by atoms with Crippen LogP contribution in [0, 0.1) is 13.8 Å². The number of thiophene rings is 1. The van der Waals surface area contributed by atoms with Gasteiger partial charge in [-0.1, -0.05) is 19.2 Å². The summed E-state index contributed by atoms with van der Waals surface area (Å²) in [6.07, 6.45) is 4.95. The Balaban J connectivity index is 1.97. The predicted molar refractivity (Wildman–Crippen MR) is 102 cm³/mol. The number of allylic oxidation sites excluding steroid dienone is 3. The van der Waals surface area contributed by atoms with Crippen molar-refractivity contribution in [3.8, 4) is 5.75 Å². The van der Waals surface area contributed by atoms with E-state index in [2.05, 4.69) is 23.8 Å². The zero-order valence-corrected chi connectivity index (χ0v) is 14.6. The second kappa shape index (κ2) is 8.17. The largest absolute Gasteiger partial charge is 0.457 e. The molecule has 24 heavy (non-hydrogen) atoms. The molecule has 2 amide bonds. The van der Waals surface area contributed by atoms with Gasteiger partial charge >= 0.3 is 6.03 Å². The van der Waals surface area contributed by atoms with E-state index in [0.29, 0.717) is 17.2 Å². The van der Waals surface area contributed by atoms with Crippen molar-refractivity contribution in [1.82, 2.24) is 0 Å². The molecule has 5 heteroatoms. The van der Waals surface area contributed by atoms with Gasteiger partial charge in [0.05, 0.1) is 5.00 Å². The fourth-order valence-corrected chi connectivity index (χ4v) is 2.95. The van der Waals surface area contributed by atoms with Crippen LogP contribution in [0.4, 0.5) is 15.5 Å². The van der Waals surface area contributed by atoms with Crippen LogP contribution in [-0.2, 0) is 0 Å². The van der Waals surface area contributed by atoms with E-state index in [0.717, 1.165) is 15.4 Å². The van der Waals surface area contributed by atoms with Crippen molar-refractivity contribution in [2.45, 2.75) is 13.8 Å². The third-order valence-electron chi connectivity index (χ3n) is 3.10. The molecule has 4 nitrogen and oxygen atoms in total. The number of benzene rings is 1. The van der Waals surface area contributed by atoms with Crippen LogP contribution in [0.2, 0.25) is 0 Å². The first kappa shape index (κ1) is 17.6. The summed E-state index contributed by atoms with van der Waals surface area (Å²) in [4.78, 5) is 13.2. The highest BCUT2D eigenvalue weighted by Gasteiger charge is 2.08. The van der Waals surface area contributed by atoms with Crippen LogP contribution < -0.4 is 15.4 Å². The standard InChI is InChI=1S/C19H20N2O2S/c1-5-7-16(6-2)23-17-10-8-15(9-11-17)20-19(22)21-18-13(3)12-14(4)24-18/h5-12H,1-2H2,3-4H3,(H2,20,21,22)/b16-7+. The predicted octanol–water partition coefficient (Wildman–Crippen LogP) is 5.64. The number of carbonyl (C=O) groups excluding carboxylic acids is 1. The molecule has 0 bridgehead atoms. The lowest BCUT2D eigenvalue weighted by Gasteiger charge is -2.09. The zero-order chi connectivity index (χ0) is 17.5. The Morgan fingerprint density at radius 1 is 1.17 bits per heavy atom. The molecule has 0 aliphatic carbocycles. The summed E-state index contributed by atoms with van der Waals surface area (Å²) in [5.74, 6) is 1.26. The highest BCUT2D eigenvalue weighted by atomic mass is 32.1. The number of aryl methyl sites for hydroxylation is 2. The van der Waals surface area contributed by atoms with E-state index in [1.54, 1.807) is 53.8 Å². The topological polar surface area (TPSA) is 50.4 Å². The molecule has 0 unspecified atom stereocenters. The molecule has 2 N–H and O–H groups in total. The van der Waals surface area contributed by atoms with Crippen molar-refractivity contribution in [2.75, 3.05) is 10.6 Å². The average Bonchev–Trinajstić information content (AvgIpc) is 2.86. The van der Waals surface area contributed by atoms with E-state index in [1.165, 1.54) is 0 Å². The van der Waals surface area contributed by atoms with Crippen LogP contribution in [0.15, 0.2) is 67.5 Å². The maximum Gasteiger partial charge on any atom is 0.324 e. The SMILES string of the molecule is C=C/C=C(\C=C)Oc1ccc(NC(=O)Nc2sc(C)cc2C)cc1. The summed E-state index contributed by atoms with van der Waals surface area (Å²) in [7, 11) is 0. The van der Waals surface area contributed by atoms with Gasteiger partial charge in [0, 0.05) is 10.6 Å². The van der Waals surface area contributed by atoms with Crippen molar-refractivity contribution < 1.29 is 9.53 Å². The molecule has 0 saturated carbocycles. The summed E-state index contributed by atoms with van der Waals surface area (Å²) in [5, 5.41) is 6.51. The van der Waals surface area contributed by atoms with Gasteiger partial charge in [0.2, 0.25) is 0 Å². The first-order chi connectivity index (χ1) is 11.5. The van der Waals surface area contributed by atoms with Gasteiger partial charge in [-0.15, -0.1) is 11.3 Å². The van der Waals surface area contributed by atoms with Crippen molar-refractivity contribution in [3.63, 3.8) is 0 Å². The molecule has 0 aliphatic rings. The van der Waals surface area contributed by atoms with Crippen LogP contribution in [0.25, 0.3) is 0 Å². The van der Waals surface area contributed by atoms with Crippen LogP contribution in [-0.4, -0.2) is 6.03 Å². The monoisotopic (exact) mass is 340 g/mol. The molecule has 124 valence electrons. The lowest BCUT2D eigenvalue weighted by atomic mass is 10.3. The molecule has 1 aromatic heterocycles. The Morgan fingerprint density at radius 3 is 2.42 bits per heavy atom. The number of anilines is 2. The summed E-state index contributed by atoms with van der Waals surface area (Å²) < 4.78 is 5.62. The van der Waals surface area contributed by atoms with Gasteiger partial charge in [-0.3, -0.25) is 5.32 Å². The molecule has 0 saturated heterocycles. The number of hydrogen-bond acceptors (Lipinski definition) is 3. The van der Waals surface area contributed by atoms with Crippen molar-refractivity contribution in [3.05, 3.63) is 77.9 Å². The number of rotatable bonds is 6. The average molecular weight is 340 g/mol. The second-order valence-electron chi connectivity index (χ2n) is 5.08. The highest BCUT2D eigenvalue weighted by molar-refractivity contribution is 7.16. The van der Waals surface area contributed by atoms with E-state index >= 15 is 0 Å². The Bertz CT molecular complexity index is 773. The smallest absolute Gasteiger partial charge is 0.324 e. The van der Waals surface area contributed by atoms with Gasteiger partial charge in [0.1, 0.15) is 11.5 Å². The molecular formula is C19H20N2O2S. The molecule has 1 aromatic carbocycles. The summed E-state index contributed by atoms with van der Waals surface area (Å²) in [6, 6.07) is 8.87. The molecule has 0 spiro atoms. The number of nitrogens with one attached hydrogen (secondary N) is 2. The van der Waals surface area contributed by atoms with Crippen LogP contribution in [0.3, 0.4) is 0 Å². The first-order valence-electron chi connectivity index (χ1n) is 7.40. The summed E-state index contributed by atoms with van der Waals surface area (Å²) in [5.41, 5.74) is 1.74. The quantitative estimate of drug-likeness (QED) is 0.528. The molecule has 2 aromatic rings. The fraction of sp³-hybridized carbons (Fsp3) is 0.105. The van der Waals surface area contributed by atoms with E-state index in [1.807, 2.05) is 19.9 Å². The third kappa shape index (κ3) is 4.86. The highest BCUT2D eigenvalue weighted by Crippen LogP contribution is 2.26. The molecule has 2 rings (SSSR count). The lowest BCUT2D eigenvalue weighted by molar-refractivity contribution is 0.262. The first-order valence-corrected chi connectivity index (χ1v) is 8.21. The maximum absolute atomic E-state index is 12.1. The molecule has 0 aliphatic heterocycles. The van der Waals surface area contributed by atoms with Crippen LogP contribution in [0.1, 0.15) is 10.4 Å². The second-order valence-corrected chi connectivity index (χ2v) is 6.34. The Labute approximate surface area is 146 Å². The molecule has 0 atom stereocenters. The molecular weight excluding hydrogens is 320 g/mol. The molecule has 0 radical (unpaired) electrons. The Hall–Kier alpha value is -2.79. The molecule has 0 fully saturated rings. The summed E-state index contributed by atoms with van der Waals surface area (Å²) in [6.45, 7) is 11.3. The minimum absolute atomic E-state index is 0.271. The third-order valence-corrected chi connectivity index (χ3v) is 4.17. The normalized spacial score (nSPS) is 10.8. The number of carbonyl (C=O) groups is 1. The number of amides is 2. The zero-order valence-electron chi connectivity index (χ0n) is 13.8. The van der Waals surface area contributed by atoms with Gasteiger partial charge in [0.25, 0.3) is 0 Å². The van der Waals surface area contributed by atoms with E-state index in [4.69, 9.17) is 4.74 Å². The van der Waals surface area contributed by atoms with Gasteiger partial charge in [0.15, 0.2) is 0 Å². The maximum atomic E-state index is 12.1. The van der Waals surface area contributed by atoms with Crippen molar-refractivity contribution >= 4 is 28.1 Å².